The fourth-order valence-corrected chi connectivity index (χ4v) is 5.94. The molecule has 0 aromatic carbocycles. The molecule has 4 aliphatic carbocycles. The SMILES string of the molecule is CCN(CCC#N)CC(=O)N(C)CC12CC3CC(CC(C3)C1)C2. The van der Waals surface area contributed by atoms with Gasteiger partial charge in [-0.2, -0.15) is 5.26 Å². The second-order valence-corrected chi connectivity index (χ2v) is 8.44. The Labute approximate surface area is 140 Å². The molecular formula is C19H31N3O. The van der Waals surface area contributed by atoms with Crippen LogP contribution in [0.25, 0.3) is 0 Å². The maximum atomic E-state index is 12.6. The molecule has 0 aliphatic heterocycles. The molecule has 0 heterocycles. The van der Waals surface area contributed by atoms with E-state index in [1.807, 2.05) is 11.9 Å². The smallest absolute Gasteiger partial charge is 0.236 e. The van der Waals surface area contributed by atoms with Crippen molar-refractivity contribution in [1.82, 2.24) is 9.80 Å². The number of likely N-dealkylation sites (N-methyl/N-ethyl adjacent to an activating group) is 2. The number of nitrogens with zero attached hydrogens (tertiary/aromatic N) is 3. The fraction of sp³-hybridized carbons (Fsp3) is 0.895. The van der Waals surface area contributed by atoms with Crippen LogP contribution in [0.2, 0.25) is 0 Å². The zero-order chi connectivity index (χ0) is 16.4. The van der Waals surface area contributed by atoms with E-state index in [0.717, 1.165) is 30.8 Å². The minimum atomic E-state index is 0.223. The van der Waals surface area contributed by atoms with E-state index in [2.05, 4.69) is 17.9 Å². The van der Waals surface area contributed by atoms with Crippen molar-refractivity contribution in [3.05, 3.63) is 0 Å². The Balaban J connectivity index is 1.55. The number of carbonyl (C=O) groups excluding carboxylic acids is 1. The van der Waals surface area contributed by atoms with E-state index in [4.69, 9.17) is 5.26 Å². The van der Waals surface area contributed by atoms with Gasteiger partial charge in [0.25, 0.3) is 0 Å². The highest BCUT2D eigenvalue weighted by atomic mass is 16.2. The monoisotopic (exact) mass is 317 g/mol. The van der Waals surface area contributed by atoms with Gasteiger partial charge in [0.2, 0.25) is 5.91 Å². The largest absolute Gasteiger partial charge is 0.344 e. The van der Waals surface area contributed by atoms with Crippen LogP contribution in [0.4, 0.5) is 0 Å². The van der Waals surface area contributed by atoms with E-state index in [0.29, 0.717) is 24.9 Å². The lowest BCUT2D eigenvalue weighted by molar-refractivity contribution is -0.136. The summed E-state index contributed by atoms with van der Waals surface area (Å²) in [7, 11) is 1.99. The molecule has 4 saturated carbocycles. The van der Waals surface area contributed by atoms with Crippen molar-refractivity contribution in [1.29, 1.82) is 5.26 Å². The third kappa shape index (κ3) is 3.71. The second kappa shape index (κ2) is 6.81. The quantitative estimate of drug-likeness (QED) is 0.725. The van der Waals surface area contributed by atoms with Crippen molar-refractivity contribution in [2.45, 2.75) is 51.9 Å². The van der Waals surface area contributed by atoms with Crippen molar-refractivity contribution in [2.24, 2.45) is 23.2 Å². The summed E-state index contributed by atoms with van der Waals surface area (Å²) in [4.78, 5) is 16.7. The summed E-state index contributed by atoms with van der Waals surface area (Å²) < 4.78 is 0. The predicted octanol–water partition coefficient (Wildman–Crippen LogP) is 2.90. The van der Waals surface area contributed by atoms with Gasteiger partial charge in [0.15, 0.2) is 0 Å². The van der Waals surface area contributed by atoms with E-state index in [1.165, 1.54) is 38.5 Å². The summed E-state index contributed by atoms with van der Waals surface area (Å²) in [5.41, 5.74) is 0.420. The van der Waals surface area contributed by atoms with Gasteiger partial charge in [0.05, 0.1) is 12.6 Å². The number of nitriles is 1. The standard InChI is InChI=1S/C19H31N3O/c1-3-22(6-4-5-20)13-18(23)21(2)14-19-10-15-7-16(11-19)9-17(8-15)12-19/h15-17H,3-4,6-14H2,1-2H3. The lowest BCUT2D eigenvalue weighted by Gasteiger charge is -2.57. The van der Waals surface area contributed by atoms with E-state index >= 15 is 0 Å². The molecule has 128 valence electrons. The third-order valence-corrected chi connectivity index (χ3v) is 6.51. The zero-order valence-electron chi connectivity index (χ0n) is 14.8. The zero-order valence-corrected chi connectivity index (χ0v) is 14.8. The van der Waals surface area contributed by atoms with Gasteiger partial charge in [-0.1, -0.05) is 6.92 Å². The minimum Gasteiger partial charge on any atom is -0.344 e. The third-order valence-electron chi connectivity index (χ3n) is 6.51. The van der Waals surface area contributed by atoms with Crippen molar-refractivity contribution in [3.63, 3.8) is 0 Å². The van der Waals surface area contributed by atoms with E-state index in [9.17, 15) is 4.79 Å². The van der Waals surface area contributed by atoms with Crippen LogP contribution in [0.3, 0.4) is 0 Å². The van der Waals surface area contributed by atoms with Gasteiger partial charge < -0.3 is 4.90 Å². The highest BCUT2D eigenvalue weighted by Gasteiger charge is 2.51. The van der Waals surface area contributed by atoms with Gasteiger partial charge in [0, 0.05) is 26.6 Å². The molecule has 4 rings (SSSR count). The first kappa shape index (κ1) is 16.8. The Bertz CT molecular complexity index is 446. The van der Waals surface area contributed by atoms with E-state index in [1.54, 1.807) is 0 Å². The fourth-order valence-electron chi connectivity index (χ4n) is 5.94. The molecule has 0 unspecified atom stereocenters. The Morgan fingerprint density at radius 3 is 2.22 bits per heavy atom. The van der Waals surface area contributed by atoms with Gasteiger partial charge >= 0.3 is 0 Å². The lowest BCUT2D eigenvalue weighted by atomic mass is 9.49. The van der Waals surface area contributed by atoms with Crippen LogP contribution in [-0.4, -0.2) is 48.9 Å². The van der Waals surface area contributed by atoms with Gasteiger partial charge in [-0.05, 0) is 68.2 Å². The number of hydrogen-bond donors (Lipinski definition) is 0. The first-order valence-electron chi connectivity index (χ1n) is 9.37. The van der Waals surface area contributed by atoms with Gasteiger partial charge in [-0.25, -0.2) is 0 Å². The van der Waals surface area contributed by atoms with E-state index in [-0.39, 0.29) is 5.91 Å². The summed E-state index contributed by atoms with van der Waals surface area (Å²) in [5, 5.41) is 8.72. The van der Waals surface area contributed by atoms with Crippen LogP contribution in [-0.2, 0) is 4.79 Å². The average molecular weight is 317 g/mol. The van der Waals surface area contributed by atoms with Crippen LogP contribution in [0.15, 0.2) is 0 Å². The summed E-state index contributed by atoms with van der Waals surface area (Å²) in [6.07, 6.45) is 8.91. The van der Waals surface area contributed by atoms with Gasteiger partial charge in [-0.15, -0.1) is 0 Å². The van der Waals surface area contributed by atoms with Crippen LogP contribution in [0, 0.1) is 34.5 Å². The normalized spacial score (nSPS) is 34.6. The number of amides is 1. The van der Waals surface area contributed by atoms with Crippen LogP contribution < -0.4 is 0 Å². The van der Waals surface area contributed by atoms with E-state index < -0.39 is 0 Å². The molecule has 4 fully saturated rings. The maximum Gasteiger partial charge on any atom is 0.236 e. The molecule has 4 nitrogen and oxygen atoms in total. The highest BCUT2D eigenvalue weighted by molar-refractivity contribution is 5.78. The molecule has 0 radical (unpaired) electrons. The molecule has 0 N–H and O–H groups in total. The predicted molar refractivity (Wildman–Crippen MR) is 90.6 cm³/mol. The molecular weight excluding hydrogens is 286 g/mol. The molecule has 4 heteroatoms. The summed E-state index contributed by atoms with van der Waals surface area (Å²) in [6.45, 7) is 5.00. The molecule has 23 heavy (non-hydrogen) atoms. The Kier molecular flexibility index (Phi) is 4.96. The molecule has 4 bridgehead atoms. The summed E-state index contributed by atoms with van der Waals surface area (Å²) in [6, 6.07) is 2.17. The van der Waals surface area contributed by atoms with Crippen LogP contribution in [0.5, 0.6) is 0 Å². The highest BCUT2D eigenvalue weighted by Crippen LogP contribution is 2.60. The molecule has 4 aliphatic rings. The number of hydrogen-bond acceptors (Lipinski definition) is 3. The first-order valence-corrected chi connectivity index (χ1v) is 9.37. The Hall–Kier alpha value is -1.08. The molecule has 0 atom stereocenters. The number of carbonyl (C=O) groups is 1. The van der Waals surface area contributed by atoms with Gasteiger partial charge in [-0.3, -0.25) is 9.69 Å². The average Bonchev–Trinajstić information content (AvgIpc) is 2.49. The first-order chi connectivity index (χ1) is 11.0. The number of rotatable bonds is 7. The lowest BCUT2D eigenvalue weighted by Crippen LogP contribution is -2.52. The Morgan fingerprint density at radius 2 is 1.74 bits per heavy atom. The molecule has 0 aromatic heterocycles. The van der Waals surface area contributed by atoms with Crippen molar-refractivity contribution >= 4 is 5.91 Å². The van der Waals surface area contributed by atoms with Crippen LogP contribution >= 0.6 is 0 Å². The van der Waals surface area contributed by atoms with Crippen molar-refractivity contribution in [3.8, 4) is 6.07 Å². The maximum absolute atomic E-state index is 12.6. The molecule has 0 spiro atoms. The minimum absolute atomic E-state index is 0.223. The Morgan fingerprint density at radius 1 is 1.17 bits per heavy atom. The molecule has 0 aromatic rings. The van der Waals surface area contributed by atoms with Crippen molar-refractivity contribution < 1.29 is 4.79 Å². The second-order valence-electron chi connectivity index (χ2n) is 8.44. The topological polar surface area (TPSA) is 47.3 Å². The van der Waals surface area contributed by atoms with Crippen molar-refractivity contribution in [2.75, 3.05) is 33.2 Å². The van der Waals surface area contributed by atoms with Crippen LogP contribution in [0.1, 0.15) is 51.9 Å². The summed E-state index contributed by atoms with van der Waals surface area (Å²) >= 11 is 0. The molecule has 1 amide bonds. The van der Waals surface area contributed by atoms with Gasteiger partial charge in [0.1, 0.15) is 0 Å². The molecule has 0 saturated heterocycles. The summed E-state index contributed by atoms with van der Waals surface area (Å²) in [5.74, 6) is 3.04.